The predicted molar refractivity (Wildman–Crippen MR) is 79.3 cm³/mol. The van der Waals surface area contributed by atoms with Gasteiger partial charge in [-0.2, -0.15) is 5.10 Å². The summed E-state index contributed by atoms with van der Waals surface area (Å²) in [6.07, 6.45) is 6.68. The number of nitrogens with two attached hydrogens (primary N) is 1. The van der Waals surface area contributed by atoms with Gasteiger partial charge in [-0.25, -0.2) is 0 Å². The molecule has 108 valence electrons. The SMILES string of the molecule is CC(Cn1cccn1)NC(=O)c1cncc(C#CCN)c1. The zero-order chi connectivity index (χ0) is 15.1. The van der Waals surface area contributed by atoms with E-state index in [1.165, 1.54) is 6.20 Å². The Morgan fingerprint density at radius 3 is 3.10 bits per heavy atom. The molecule has 0 spiro atoms. The van der Waals surface area contributed by atoms with Gasteiger partial charge in [0.15, 0.2) is 0 Å². The lowest BCUT2D eigenvalue weighted by Crippen LogP contribution is -2.35. The highest BCUT2D eigenvalue weighted by atomic mass is 16.1. The van der Waals surface area contributed by atoms with Gasteiger partial charge >= 0.3 is 0 Å². The standard InChI is InChI=1S/C15H17N5O/c1-12(11-20-7-3-6-18-20)19-15(21)14-8-13(4-2-5-16)9-17-10-14/h3,6-10,12H,5,11,16H2,1H3,(H,19,21). The molecule has 0 aromatic carbocycles. The molecule has 0 aliphatic heterocycles. The van der Waals surface area contributed by atoms with Gasteiger partial charge in [0, 0.05) is 36.4 Å². The van der Waals surface area contributed by atoms with E-state index in [1.54, 1.807) is 23.1 Å². The van der Waals surface area contributed by atoms with Gasteiger partial charge in [0.05, 0.1) is 18.7 Å². The van der Waals surface area contributed by atoms with Crippen LogP contribution in [0, 0.1) is 11.8 Å². The minimum Gasteiger partial charge on any atom is -0.348 e. The molecule has 0 fully saturated rings. The smallest absolute Gasteiger partial charge is 0.253 e. The van der Waals surface area contributed by atoms with Crippen LogP contribution in [0.1, 0.15) is 22.8 Å². The first-order valence-electron chi connectivity index (χ1n) is 6.61. The summed E-state index contributed by atoms with van der Waals surface area (Å²) in [6.45, 7) is 2.81. The van der Waals surface area contributed by atoms with Crippen LogP contribution in [0.25, 0.3) is 0 Å². The molecule has 3 N–H and O–H groups in total. The lowest BCUT2D eigenvalue weighted by Gasteiger charge is -2.13. The molecule has 2 heterocycles. The number of nitrogens with zero attached hydrogens (tertiary/aromatic N) is 3. The largest absolute Gasteiger partial charge is 0.348 e. The van der Waals surface area contributed by atoms with E-state index in [0.29, 0.717) is 17.7 Å². The number of hydrogen-bond acceptors (Lipinski definition) is 4. The van der Waals surface area contributed by atoms with Crippen molar-refractivity contribution in [2.24, 2.45) is 5.73 Å². The van der Waals surface area contributed by atoms with E-state index < -0.39 is 0 Å². The molecule has 2 aromatic rings. The first-order valence-corrected chi connectivity index (χ1v) is 6.61. The van der Waals surface area contributed by atoms with Crippen LogP contribution >= 0.6 is 0 Å². The highest BCUT2D eigenvalue weighted by Crippen LogP contribution is 2.02. The molecule has 6 heteroatoms. The summed E-state index contributed by atoms with van der Waals surface area (Å²) in [5, 5.41) is 7.01. The molecular formula is C15H17N5O. The molecule has 1 unspecified atom stereocenters. The maximum Gasteiger partial charge on any atom is 0.253 e. The van der Waals surface area contributed by atoms with E-state index >= 15 is 0 Å². The van der Waals surface area contributed by atoms with Crippen molar-refractivity contribution in [1.29, 1.82) is 0 Å². The van der Waals surface area contributed by atoms with Crippen LogP contribution in [0.2, 0.25) is 0 Å². The van der Waals surface area contributed by atoms with Gasteiger partial charge in [-0.1, -0.05) is 11.8 Å². The highest BCUT2D eigenvalue weighted by Gasteiger charge is 2.11. The zero-order valence-corrected chi connectivity index (χ0v) is 11.8. The van der Waals surface area contributed by atoms with Crippen LogP contribution < -0.4 is 11.1 Å². The summed E-state index contributed by atoms with van der Waals surface area (Å²) < 4.78 is 1.77. The van der Waals surface area contributed by atoms with E-state index in [-0.39, 0.29) is 18.5 Å². The van der Waals surface area contributed by atoms with Crippen molar-refractivity contribution in [1.82, 2.24) is 20.1 Å². The van der Waals surface area contributed by atoms with Crippen molar-refractivity contribution in [3.63, 3.8) is 0 Å². The van der Waals surface area contributed by atoms with Crippen LogP contribution in [-0.2, 0) is 6.54 Å². The summed E-state index contributed by atoms with van der Waals surface area (Å²) >= 11 is 0. The number of carbonyl (C=O) groups excluding carboxylic acids is 1. The van der Waals surface area contributed by atoms with E-state index in [9.17, 15) is 4.79 Å². The molecule has 1 atom stereocenters. The molecule has 2 aromatic heterocycles. The summed E-state index contributed by atoms with van der Waals surface area (Å²) in [5.41, 5.74) is 6.47. The van der Waals surface area contributed by atoms with Gasteiger partial charge in [0.25, 0.3) is 5.91 Å². The van der Waals surface area contributed by atoms with E-state index in [4.69, 9.17) is 5.73 Å². The number of amides is 1. The Hall–Kier alpha value is -2.65. The summed E-state index contributed by atoms with van der Waals surface area (Å²) in [7, 11) is 0. The second-order valence-corrected chi connectivity index (χ2v) is 4.57. The van der Waals surface area contributed by atoms with E-state index in [1.807, 2.05) is 19.2 Å². The Morgan fingerprint density at radius 1 is 1.52 bits per heavy atom. The fourth-order valence-corrected chi connectivity index (χ4v) is 1.83. The third kappa shape index (κ3) is 4.44. The number of pyridine rings is 1. The minimum atomic E-state index is -0.182. The highest BCUT2D eigenvalue weighted by molar-refractivity contribution is 5.94. The normalized spacial score (nSPS) is 11.3. The molecule has 1 amide bonds. The van der Waals surface area contributed by atoms with Crippen LogP contribution in [0.5, 0.6) is 0 Å². The van der Waals surface area contributed by atoms with Gasteiger partial charge in [0.1, 0.15) is 0 Å². The molecule has 0 saturated carbocycles. The van der Waals surface area contributed by atoms with Crippen molar-refractivity contribution < 1.29 is 4.79 Å². The Balaban J connectivity index is 1.99. The third-order valence-electron chi connectivity index (χ3n) is 2.73. The van der Waals surface area contributed by atoms with Gasteiger partial charge < -0.3 is 11.1 Å². The fraction of sp³-hybridized carbons (Fsp3) is 0.267. The van der Waals surface area contributed by atoms with Gasteiger partial charge in [0.2, 0.25) is 0 Å². The molecule has 0 aliphatic carbocycles. The molecule has 0 bridgehead atoms. The van der Waals surface area contributed by atoms with Gasteiger partial charge in [-0.3, -0.25) is 14.5 Å². The van der Waals surface area contributed by atoms with Crippen LogP contribution in [0.3, 0.4) is 0 Å². The summed E-state index contributed by atoms with van der Waals surface area (Å²) in [5.74, 6) is 5.41. The quantitative estimate of drug-likeness (QED) is 0.796. The molecule has 6 nitrogen and oxygen atoms in total. The molecule has 21 heavy (non-hydrogen) atoms. The Bertz CT molecular complexity index is 654. The number of rotatable bonds is 4. The van der Waals surface area contributed by atoms with Gasteiger partial charge in [-0.05, 0) is 19.1 Å². The Labute approximate surface area is 123 Å². The van der Waals surface area contributed by atoms with Crippen LogP contribution in [0.15, 0.2) is 36.9 Å². The maximum absolute atomic E-state index is 12.2. The zero-order valence-electron chi connectivity index (χ0n) is 11.8. The topological polar surface area (TPSA) is 85.8 Å². The van der Waals surface area contributed by atoms with E-state index in [0.717, 1.165) is 0 Å². The van der Waals surface area contributed by atoms with Crippen molar-refractivity contribution >= 4 is 5.91 Å². The van der Waals surface area contributed by atoms with Crippen LogP contribution in [0.4, 0.5) is 0 Å². The second-order valence-electron chi connectivity index (χ2n) is 4.57. The van der Waals surface area contributed by atoms with E-state index in [2.05, 4.69) is 27.2 Å². The number of carbonyl (C=O) groups is 1. The molecule has 0 radical (unpaired) electrons. The molecule has 0 saturated heterocycles. The Morgan fingerprint density at radius 2 is 2.38 bits per heavy atom. The monoisotopic (exact) mass is 283 g/mol. The third-order valence-corrected chi connectivity index (χ3v) is 2.73. The molecule has 2 rings (SSSR count). The predicted octanol–water partition coefficient (Wildman–Crippen LogP) is 0.407. The Kier molecular flexibility index (Phi) is 5.07. The minimum absolute atomic E-state index is 0.0452. The first kappa shape index (κ1) is 14.8. The average molecular weight is 283 g/mol. The maximum atomic E-state index is 12.2. The lowest BCUT2D eigenvalue weighted by atomic mass is 10.2. The lowest BCUT2D eigenvalue weighted by molar-refractivity contribution is 0.0935. The van der Waals surface area contributed by atoms with Crippen molar-refractivity contribution in [2.45, 2.75) is 19.5 Å². The van der Waals surface area contributed by atoms with Gasteiger partial charge in [-0.15, -0.1) is 0 Å². The van der Waals surface area contributed by atoms with Crippen molar-refractivity contribution in [3.05, 3.63) is 48.0 Å². The summed E-state index contributed by atoms with van der Waals surface area (Å²) in [6, 6.07) is 3.50. The van der Waals surface area contributed by atoms with Crippen molar-refractivity contribution in [3.8, 4) is 11.8 Å². The average Bonchev–Trinajstić information content (AvgIpc) is 2.98. The molecule has 0 aliphatic rings. The number of hydrogen-bond donors (Lipinski definition) is 2. The first-order chi connectivity index (χ1) is 10.2. The molecular weight excluding hydrogens is 266 g/mol. The fourth-order valence-electron chi connectivity index (χ4n) is 1.83. The van der Waals surface area contributed by atoms with Crippen molar-refractivity contribution in [2.75, 3.05) is 6.54 Å². The summed E-state index contributed by atoms with van der Waals surface area (Å²) in [4.78, 5) is 16.2. The number of nitrogens with one attached hydrogen (secondary N) is 1. The number of aromatic nitrogens is 3. The van der Waals surface area contributed by atoms with Crippen LogP contribution in [-0.4, -0.2) is 33.3 Å². The second kappa shape index (κ2) is 7.22.